The Labute approximate surface area is 99.5 Å². The third kappa shape index (κ3) is 2.54. The van der Waals surface area contributed by atoms with Gasteiger partial charge in [0.25, 0.3) is 5.56 Å². The molecular weight excluding hydrogens is 220 g/mol. The molecule has 0 unspecified atom stereocenters. The van der Waals surface area contributed by atoms with Gasteiger partial charge < -0.3 is 4.98 Å². The lowest BCUT2D eigenvalue weighted by atomic mass is 9.98. The van der Waals surface area contributed by atoms with E-state index in [1.165, 1.54) is 13.1 Å². The van der Waals surface area contributed by atoms with Crippen LogP contribution in [-0.2, 0) is 5.54 Å². The molecule has 0 aromatic carbocycles. The summed E-state index contributed by atoms with van der Waals surface area (Å²) in [6.45, 7) is 6.93. The number of aromatic amines is 1. The van der Waals surface area contributed by atoms with Crippen molar-refractivity contribution in [2.75, 3.05) is 0 Å². The number of H-pyrrole nitrogens is 1. The molecule has 5 nitrogen and oxygen atoms in total. The van der Waals surface area contributed by atoms with Gasteiger partial charge in [0.2, 0.25) is 0 Å². The molecule has 0 radical (unpaired) electrons. The zero-order valence-electron chi connectivity index (χ0n) is 10.7. The summed E-state index contributed by atoms with van der Waals surface area (Å²) in [7, 11) is 0. The average Bonchev–Trinajstić information content (AvgIpc) is 2.15. The lowest BCUT2D eigenvalue weighted by molar-refractivity contribution is 0.101. The van der Waals surface area contributed by atoms with Gasteiger partial charge in [-0.15, -0.1) is 0 Å². The second-order valence-corrected chi connectivity index (χ2v) is 4.77. The van der Waals surface area contributed by atoms with E-state index in [-0.39, 0.29) is 11.3 Å². The largest absolute Gasteiger partial charge is 0.328 e. The van der Waals surface area contributed by atoms with Crippen molar-refractivity contribution in [3.05, 3.63) is 32.6 Å². The molecule has 1 heterocycles. The summed E-state index contributed by atoms with van der Waals surface area (Å²) in [5.41, 5.74) is -1.56. The fourth-order valence-electron chi connectivity index (χ4n) is 2.00. The molecule has 0 aliphatic carbocycles. The van der Waals surface area contributed by atoms with Crippen LogP contribution in [-0.4, -0.2) is 15.3 Å². The molecule has 0 bridgehead atoms. The van der Waals surface area contributed by atoms with E-state index in [4.69, 9.17) is 0 Å². The van der Waals surface area contributed by atoms with E-state index in [1.54, 1.807) is 0 Å². The van der Waals surface area contributed by atoms with Gasteiger partial charge in [-0.1, -0.05) is 13.3 Å². The number of aromatic nitrogens is 2. The van der Waals surface area contributed by atoms with E-state index in [0.717, 1.165) is 11.0 Å². The molecule has 0 fully saturated rings. The number of ketones is 1. The Morgan fingerprint density at radius 1 is 1.41 bits per heavy atom. The van der Waals surface area contributed by atoms with Crippen LogP contribution < -0.4 is 11.2 Å². The maximum atomic E-state index is 12.1. The van der Waals surface area contributed by atoms with Crippen LogP contribution >= 0.6 is 0 Å². The lowest BCUT2D eigenvalue weighted by Crippen LogP contribution is -2.47. The number of hydrogen-bond donors (Lipinski definition) is 1. The van der Waals surface area contributed by atoms with Crippen LogP contribution in [0.5, 0.6) is 0 Å². The van der Waals surface area contributed by atoms with Crippen LogP contribution in [0.4, 0.5) is 0 Å². The summed E-state index contributed by atoms with van der Waals surface area (Å²) in [6, 6.07) is 0. The Morgan fingerprint density at radius 2 is 2.00 bits per heavy atom. The Balaban J connectivity index is 3.53. The summed E-state index contributed by atoms with van der Waals surface area (Å²) in [5, 5.41) is 0. The predicted octanol–water partition coefficient (Wildman–Crippen LogP) is 1.27. The number of hydrogen-bond acceptors (Lipinski definition) is 3. The van der Waals surface area contributed by atoms with E-state index in [9.17, 15) is 14.4 Å². The Kier molecular flexibility index (Phi) is 3.70. The van der Waals surface area contributed by atoms with Gasteiger partial charge in [0.15, 0.2) is 5.78 Å². The van der Waals surface area contributed by atoms with Crippen LogP contribution in [0.25, 0.3) is 0 Å². The lowest BCUT2D eigenvalue weighted by Gasteiger charge is -2.26. The highest BCUT2D eigenvalue weighted by atomic mass is 16.2. The first-order chi connectivity index (χ1) is 7.81. The average molecular weight is 238 g/mol. The van der Waals surface area contributed by atoms with Gasteiger partial charge >= 0.3 is 5.69 Å². The summed E-state index contributed by atoms with van der Waals surface area (Å²) in [4.78, 5) is 37.5. The molecule has 0 saturated carbocycles. The molecule has 1 aromatic rings. The summed E-state index contributed by atoms with van der Waals surface area (Å²) < 4.78 is 1.13. The normalized spacial score (nSPS) is 11.5. The van der Waals surface area contributed by atoms with Gasteiger partial charge in [-0.2, -0.15) is 0 Å². The summed E-state index contributed by atoms with van der Waals surface area (Å²) in [6.07, 6.45) is 2.73. The minimum absolute atomic E-state index is 0.0220. The van der Waals surface area contributed by atoms with Crippen molar-refractivity contribution < 1.29 is 4.79 Å². The maximum absolute atomic E-state index is 12.1. The minimum Gasteiger partial charge on any atom is -0.313 e. The van der Waals surface area contributed by atoms with Crippen LogP contribution in [0, 0.1) is 0 Å². The van der Waals surface area contributed by atoms with Crippen molar-refractivity contribution in [1.29, 1.82) is 0 Å². The number of nitrogens with one attached hydrogen (secondary N) is 1. The molecule has 0 atom stereocenters. The van der Waals surface area contributed by atoms with Crippen molar-refractivity contribution in [3.63, 3.8) is 0 Å². The SMILES string of the molecule is CCCC(C)(C)n1c(=O)[nH]cc(C(C)=O)c1=O. The highest BCUT2D eigenvalue weighted by Crippen LogP contribution is 2.17. The number of carbonyl (C=O) groups is 1. The van der Waals surface area contributed by atoms with Gasteiger partial charge in [0.05, 0.1) is 5.56 Å². The van der Waals surface area contributed by atoms with Crippen LogP contribution in [0.15, 0.2) is 15.8 Å². The van der Waals surface area contributed by atoms with E-state index < -0.39 is 16.8 Å². The smallest absolute Gasteiger partial charge is 0.313 e. The van der Waals surface area contributed by atoms with E-state index >= 15 is 0 Å². The molecule has 0 amide bonds. The first kappa shape index (κ1) is 13.4. The van der Waals surface area contributed by atoms with Gasteiger partial charge in [0, 0.05) is 11.7 Å². The van der Waals surface area contributed by atoms with Gasteiger partial charge in [-0.3, -0.25) is 14.2 Å². The van der Waals surface area contributed by atoms with Crippen LogP contribution in [0.2, 0.25) is 0 Å². The van der Waals surface area contributed by atoms with Crippen LogP contribution in [0.1, 0.15) is 50.9 Å². The predicted molar refractivity (Wildman–Crippen MR) is 65.6 cm³/mol. The quantitative estimate of drug-likeness (QED) is 0.803. The summed E-state index contributed by atoms with van der Waals surface area (Å²) in [5.74, 6) is -0.340. The molecule has 5 heteroatoms. The molecule has 94 valence electrons. The molecule has 0 spiro atoms. The third-order valence-corrected chi connectivity index (χ3v) is 2.82. The number of carbonyl (C=O) groups excluding carboxylic acids is 1. The van der Waals surface area contributed by atoms with Gasteiger partial charge in [0.1, 0.15) is 0 Å². The van der Waals surface area contributed by atoms with Crippen molar-refractivity contribution >= 4 is 5.78 Å². The number of nitrogens with zero attached hydrogens (tertiary/aromatic N) is 1. The third-order valence-electron chi connectivity index (χ3n) is 2.82. The molecular formula is C12H18N2O3. The van der Waals surface area contributed by atoms with E-state index in [0.29, 0.717) is 6.42 Å². The second-order valence-electron chi connectivity index (χ2n) is 4.77. The first-order valence-corrected chi connectivity index (χ1v) is 5.67. The molecule has 1 aromatic heterocycles. The second kappa shape index (κ2) is 4.69. The van der Waals surface area contributed by atoms with Crippen molar-refractivity contribution in [1.82, 2.24) is 9.55 Å². The fourth-order valence-corrected chi connectivity index (χ4v) is 2.00. The molecule has 0 saturated heterocycles. The zero-order valence-corrected chi connectivity index (χ0v) is 10.7. The van der Waals surface area contributed by atoms with E-state index in [1.807, 2.05) is 20.8 Å². The monoisotopic (exact) mass is 238 g/mol. The fraction of sp³-hybridized carbons (Fsp3) is 0.583. The van der Waals surface area contributed by atoms with Crippen molar-refractivity contribution in [2.24, 2.45) is 0 Å². The first-order valence-electron chi connectivity index (χ1n) is 5.67. The minimum atomic E-state index is -0.592. The molecule has 0 aliphatic rings. The number of rotatable bonds is 4. The summed E-state index contributed by atoms with van der Waals surface area (Å²) >= 11 is 0. The molecule has 0 aliphatic heterocycles. The number of Topliss-reactive ketones (excluding diaryl/α,β-unsaturated/α-hetero) is 1. The van der Waals surface area contributed by atoms with E-state index in [2.05, 4.69) is 4.98 Å². The Morgan fingerprint density at radius 3 is 2.47 bits per heavy atom. The zero-order chi connectivity index (χ0) is 13.2. The standard InChI is InChI=1S/C12H18N2O3/c1-5-6-12(3,4)14-10(16)9(8(2)15)7-13-11(14)17/h7H,5-6H2,1-4H3,(H,13,17). The Bertz CT molecular complexity index is 537. The van der Waals surface area contributed by atoms with Crippen molar-refractivity contribution in [3.8, 4) is 0 Å². The molecule has 1 N–H and O–H groups in total. The highest BCUT2D eigenvalue weighted by Gasteiger charge is 2.24. The topological polar surface area (TPSA) is 71.9 Å². The van der Waals surface area contributed by atoms with Gasteiger partial charge in [-0.05, 0) is 27.2 Å². The molecule has 17 heavy (non-hydrogen) atoms. The van der Waals surface area contributed by atoms with Crippen molar-refractivity contribution in [2.45, 2.75) is 46.1 Å². The Hall–Kier alpha value is -1.65. The van der Waals surface area contributed by atoms with Gasteiger partial charge in [-0.25, -0.2) is 4.79 Å². The molecule has 1 rings (SSSR count). The maximum Gasteiger partial charge on any atom is 0.328 e. The van der Waals surface area contributed by atoms with Crippen LogP contribution in [0.3, 0.4) is 0 Å². The highest BCUT2D eigenvalue weighted by molar-refractivity contribution is 5.93.